The smallest absolute Gasteiger partial charge is 0.119 e. The molecule has 4 nitrogen and oxygen atoms in total. The fraction of sp³-hybridized carbons (Fsp3) is 0.364. The second-order valence-electron chi connectivity index (χ2n) is 3.47. The predicted molar refractivity (Wildman–Crippen MR) is 59.9 cm³/mol. The summed E-state index contributed by atoms with van der Waals surface area (Å²) in [7, 11) is 4.01. The molecule has 0 fully saturated rings. The molecule has 0 amide bonds. The van der Waals surface area contributed by atoms with Crippen molar-refractivity contribution < 1.29 is 9.94 Å². The van der Waals surface area contributed by atoms with Crippen LogP contribution in [0.3, 0.4) is 0 Å². The third-order valence-corrected chi connectivity index (χ3v) is 1.89. The first kappa shape index (κ1) is 11.5. The Kier molecular flexibility index (Phi) is 4.63. The Morgan fingerprint density at radius 1 is 1.33 bits per heavy atom. The van der Waals surface area contributed by atoms with Gasteiger partial charge in [0.25, 0.3) is 0 Å². The van der Waals surface area contributed by atoms with Crippen molar-refractivity contribution in [3.8, 4) is 5.75 Å². The molecular weight excluding hydrogens is 192 g/mol. The minimum atomic E-state index is 0.667. The van der Waals surface area contributed by atoms with Crippen LogP contribution >= 0.6 is 0 Å². The van der Waals surface area contributed by atoms with E-state index in [0.29, 0.717) is 6.61 Å². The molecule has 0 saturated carbocycles. The summed E-state index contributed by atoms with van der Waals surface area (Å²) in [5.74, 6) is 0.826. The molecule has 0 aliphatic heterocycles. The zero-order valence-electron chi connectivity index (χ0n) is 9.05. The fourth-order valence-electron chi connectivity index (χ4n) is 1.06. The van der Waals surface area contributed by atoms with Gasteiger partial charge in [0.1, 0.15) is 12.4 Å². The zero-order valence-corrected chi connectivity index (χ0v) is 9.05. The SMILES string of the molecule is CN(C)CCOc1ccc(C=NO)cc1. The summed E-state index contributed by atoms with van der Waals surface area (Å²) in [5, 5.41) is 11.3. The van der Waals surface area contributed by atoms with Gasteiger partial charge < -0.3 is 14.8 Å². The number of rotatable bonds is 5. The van der Waals surface area contributed by atoms with Gasteiger partial charge in [-0.25, -0.2) is 0 Å². The Bertz CT molecular complexity index is 307. The van der Waals surface area contributed by atoms with Crippen molar-refractivity contribution in [1.82, 2.24) is 4.90 Å². The van der Waals surface area contributed by atoms with Crippen LogP contribution in [0.2, 0.25) is 0 Å². The highest BCUT2D eigenvalue weighted by atomic mass is 16.5. The number of oxime groups is 1. The molecule has 4 heteroatoms. The monoisotopic (exact) mass is 208 g/mol. The van der Waals surface area contributed by atoms with Crippen LogP contribution in [0, 0.1) is 0 Å². The second-order valence-corrected chi connectivity index (χ2v) is 3.47. The third-order valence-electron chi connectivity index (χ3n) is 1.89. The van der Waals surface area contributed by atoms with Gasteiger partial charge in [-0.05, 0) is 43.9 Å². The van der Waals surface area contributed by atoms with E-state index in [4.69, 9.17) is 9.94 Å². The van der Waals surface area contributed by atoms with Crippen molar-refractivity contribution >= 4 is 6.21 Å². The molecule has 0 atom stereocenters. The highest BCUT2D eigenvalue weighted by Crippen LogP contribution is 2.10. The first-order valence-electron chi connectivity index (χ1n) is 4.77. The van der Waals surface area contributed by atoms with Crippen molar-refractivity contribution in [1.29, 1.82) is 0 Å². The summed E-state index contributed by atoms with van der Waals surface area (Å²) in [6, 6.07) is 7.38. The van der Waals surface area contributed by atoms with E-state index in [-0.39, 0.29) is 0 Å². The average molecular weight is 208 g/mol. The Balaban J connectivity index is 2.42. The molecule has 1 aromatic carbocycles. The van der Waals surface area contributed by atoms with Crippen LogP contribution in [-0.4, -0.2) is 43.6 Å². The molecule has 0 unspecified atom stereocenters. The van der Waals surface area contributed by atoms with E-state index >= 15 is 0 Å². The molecule has 15 heavy (non-hydrogen) atoms. The van der Waals surface area contributed by atoms with Gasteiger partial charge in [-0.3, -0.25) is 0 Å². The molecule has 1 rings (SSSR count). The largest absolute Gasteiger partial charge is 0.492 e. The van der Waals surface area contributed by atoms with E-state index in [2.05, 4.69) is 10.1 Å². The molecule has 0 aromatic heterocycles. The van der Waals surface area contributed by atoms with Crippen molar-refractivity contribution in [3.05, 3.63) is 29.8 Å². The normalized spacial score (nSPS) is 11.1. The first-order chi connectivity index (χ1) is 7.22. The van der Waals surface area contributed by atoms with E-state index in [1.807, 2.05) is 38.4 Å². The minimum Gasteiger partial charge on any atom is -0.492 e. The number of hydrogen-bond donors (Lipinski definition) is 1. The molecule has 0 aliphatic rings. The Hall–Kier alpha value is -1.55. The lowest BCUT2D eigenvalue weighted by Crippen LogP contribution is -2.19. The van der Waals surface area contributed by atoms with Crippen LogP contribution in [0.1, 0.15) is 5.56 Å². The second kappa shape index (κ2) is 6.03. The summed E-state index contributed by atoms with van der Waals surface area (Å²) in [6.07, 6.45) is 1.38. The zero-order chi connectivity index (χ0) is 11.1. The van der Waals surface area contributed by atoms with E-state index < -0.39 is 0 Å². The quantitative estimate of drug-likeness (QED) is 0.452. The van der Waals surface area contributed by atoms with Gasteiger partial charge in [-0.15, -0.1) is 0 Å². The van der Waals surface area contributed by atoms with Gasteiger partial charge in [0.05, 0.1) is 6.21 Å². The number of likely N-dealkylation sites (N-methyl/N-ethyl adjacent to an activating group) is 1. The van der Waals surface area contributed by atoms with E-state index in [1.54, 1.807) is 0 Å². The molecule has 0 aliphatic carbocycles. The lowest BCUT2D eigenvalue weighted by atomic mass is 10.2. The molecule has 0 saturated heterocycles. The summed E-state index contributed by atoms with van der Waals surface area (Å²) >= 11 is 0. The molecule has 0 heterocycles. The number of hydrogen-bond acceptors (Lipinski definition) is 4. The van der Waals surface area contributed by atoms with Crippen molar-refractivity contribution in [2.45, 2.75) is 0 Å². The van der Waals surface area contributed by atoms with E-state index in [9.17, 15) is 0 Å². The van der Waals surface area contributed by atoms with Gasteiger partial charge >= 0.3 is 0 Å². The van der Waals surface area contributed by atoms with Crippen molar-refractivity contribution in [2.24, 2.45) is 5.16 Å². The predicted octanol–water partition coefficient (Wildman–Crippen LogP) is 1.44. The molecule has 82 valence electrons. The fourth-order valence-corrected chi connectivity index (χ4v) is 1.06. The molecule has 0 spiro atoms. The summed E-state index contributed by atoms with van der Waals surface area (Å²) in [6.45, 7) is 1.56. The maximum absolute atomic E-state index is 8.32. The Morgan fingerprint density at radius 2 is 2.00 bits per heavy atom. The van der Waals surface area contributed by atoms with Crippen LogP contribution in [0.25, 0.3) is 0 Å². The van der Waals surface area contributed by atoms with Gasteiger partial charge in [0.15, 0.2) is 0 Å². The maximum atomic E-state index is 8.32. The average Bonchev–Trinajstić information content (AvgIpc) is 2.20. The highest BCUT2D eigenvalue weighted by molar-refractivity contribution is 5.79. The third kappa shape index (κ3) is 4.46. The van der Waals surface area contributed by atoms with Crippen LogP contribution < -0.4 is 4.74 Å². The Morgan fingerprint density at radius 3 is 2.53 bits per heavy atom. The molecule has 1 N–H and O–H groups in total. The van der Waals surface area contributed by atoms with Crippen LogP contribution in [-0.2, 0) is 0 Å². The van der Waals surface area contributed by atoms with Gasteiger partial charge in [0.2, 0.25) is 0 Å². The lowest BCUT2D eigenvalue weighted by Gasteiger charge is -2.10. The molecule has 0 radical (unpaired) electrons. The minimum absolute atomic E-state index is 0.667. The number of benzene rings is 1. The molecule has 1 aromatic rings. The maximum Gasteiger partial charge on any atom is 0.119 e. The standard InChI is InChI=1S/C11H16N2O2/c1-13(2)7-8-15-11-5-3-10(4-6-11)9-12-14/h3-6,9,14H,7-8H2,1-2H3. The van der Waals surface area contributed by atoms with Gasteiger partial charge in [-0.1, -0.05) is 5.16 Å². The van der Waals surface area contributed by atoms with Gasteiger partial charge in [-0.2, -0.15) is 0 Å². The van der Waals surface area contributed by atoms with Crippen molar-refractivity contribution in [2.75, 3.05) is 27.2 Å². The van der Waals surface area contributed by atoms with E-state index in [1.165, 1.54) is 6.21 Å². The van der Waals surface area contributed by atoms with E-state index in [0.717, 1.165) is 17.9 Å². The van der Waals surface area contributed by atoms with Crippen molar-refractivity contribution in [3.63, 3.8) is 0 Å². The number of nitrogens with zero attached hydrogens (tertiary/aromatic N) is 2. The lowest BCUT2D eigenvalue weighted by molar-refractivity contribution is 0.261. The first-order valence-corrected chi connectivity index (χ1v) is 4.77. The molecular formula is C11H16N2O2. The summed E-state index contributed by atoms with van der Waals surface area (Å²) < 4.78 is 5.50. The Labute approximate surface area is 89.8 Å². The summed E-state index contributed by atoms with van der Waals surface area (Å²) in [4.78, 5) is 2.06. The molecule has 0 bridgehead atoms. The topological polar surface area (TPSA) is 45.1 Å². The van der Waals surface area contributed by atoms with Crippen LogP contribution in [0.15, 0.2) is 29.4 Å². The summed E-state index contributed by atoms with van der Waals surface area (Å²) in [5.41, 5.74) is 0.845. The highest BCUT2D eigenvalue weighted by Gasteiger charge is 1.94. The van der Waals surface area contributed by atoms with Gasteiger partial charge in [0, 0.05) is 6.54 Å². The van der Waals surface area contributed by atoms with Crippen LogP contribution in [0.4, 0.5) is 0 Å². The van der Waals surface area contributed by atoms with Crippen LogP contribution in [0.5, 0.6) is 5.75 Å². The number of ether oxygens (including phenoxy) is 1.